The van der Waals surface area contributed by atoms with Crippen LogP contribution in [-0.4, -0.2) is 77.7 Å². The molecule has 7 nitrogen and oxygen atoms in total. The van der Waals surface area contributed by atoms with Crippen LogP contribution in [0.25, 0.3) is 11.1 Å². The topological polar surface area (TPSA) is 64.8 Å². The lowest BCUT2D eigenvalue weighted by Crippen LogP contribution is -2.47. The molecule has 15 heteroatoms. The third-order valence-electron chi connectivity index (χ3n) is 7.96. The van der Waals surface area contributed by atoms with E-state index in [0.29, 0.717) is 50.6 Å². The summed E-state index contributed by atoms with van der Waals surface area (Å²) in [7, 11) is 0. The minimum atomic E-state index is -4.88. The number of rotatable bonds is 7. The second kappa shape index (κ2) is 13.5. The molecule has 44 heavy (non-hydrogen) atoms. The van der Waals surface area contributed by atoms with Gasteiger partial charge in [0.05, 0.1) is 18.7 Å². The maximum Gasteiger partial charge on any atom is 0.433 e. The monoisotopic (exact) mass is 665 g/mol. The molecule has 2 saturated heterocycles. The van der Waals surface area contributed by atoms with Crippen LogP contribution < -0.4 is 9.80 Å². The number of anilines is 2. The highest BCUT2D eigenvalue weighted by atomic mass is 35.5. The van der Waals surface area contributed by atoms with E-state index in [9.17, 15) is 36.2 Å². The smallest absolute Gasteiger partial charge is 0.433 e. The van der Waals surface area contributed by atoms with Gasteiger partial charge in [0.25, 0.3) is 0 Å². The van der Waals surface area contributed by atoms with Crippen LogP contribution in [-0.2, 0) is 6.18 Å². The van der Waals surface area contributed by atoms with E-state index in [1.54, 1.807) is 12.1 Å². The number of nitrogens with zero attached hydrogens (tertiary/aromatic N) is 5. The Kier molecular flexibility index (Phi) is 10.3. The lowest BCUT2D eigenvalue weighted by atomic mass is 9.99. The number of halogens is 8. The van der Waals surface area contributed by atoms with E-state index in [1.807, 2.05) is 40.1 Å². The average Bonchev–Trinajstić information content (AvgIpc) is 3.43. The zero-order valence-corrected chi connectivity index (χ0v) is 25.0. The molecule has 3 aromatic rings. The van der Waals surface area contributed by atoms with Gasteiger partial charge < -0.3 is 14.9 Å². The van der Waals surface area contributed by atoms with Crippen molar-refractivity contribution in [2.75, 3.05) is 55.6 Å². The first-order valence-electron chi connectivity index (χ1n) is 13.9. The molecule has 0 aliphatic carbocycles. The van der Waals surface area contributed by atoms with Crippen molar-refractivity contribution in [3.8, 4) is 11.1 Å². The first kappa shape index (κ1) is 33.7. The summed E-state index contributed by atoms with van der Waals surface area (Å²) < 4.78 is 80.1. The number of piperidine rings is 1. The van der Waals surface area contributed by atoms with E-state index in [4.69, 9.17) is 11.6 Å². The summed E-state index contributed by atoms with van der Waals surface area (Å²) in [5, 5.41) is 13.6. The summed E-state index contributed by atoms with van der Waals surface area (Å²) in [6, 6.07) is 12.4. The molecule has 2 aliphatic heterocycles. The zero-order valence-electron chi connectivity index (χ0n) is 23.4. The first-order chi connectivity index (χ1) is 20.3. The molecule has 0 saturated carbocycles. The maximum atomic E-state index is 13.9. The van der Waals surface area contributed by atoms with E-state index in [0.717, 1.165) is 33.4 Å². The van der Waals surface area contributed by atoms with Crippen molar-refractivity contribution < 1.29 is 36.2 Å². The van der Waals surface area contributed by atoms with E-state index in [2.05, 4.69) is 10.00 Å². The van der Waals surface area contributed by atoms with Gasteiger partial charge in [-0.2, -0.15) is 31.4 Å². The van der Waals surface area contributed by atoms with Gasteiger partial charge in [0.15, 0.2) is 5.69 Å². The van der Waals surface area contributed by atoms with Crippen LogP contribution in [0.2, 0.25) is 5.02 Å². The van der Waals surface area contributed by atoms with Crippen LogP contribution in [0, 0.1) is 0 Å². The Hall–Kier alpha value is -3.16. The minimum absolute atomic E-state index is 0. The number of piperazine rings is 1. The number of carboxylic acid groups (broad SMARTS) is 1. The van der Waals surface area contributed by atoms with E-state index in [1.165, 1.54) is 0 Å². The van der Waals surface area contributed by atoms with Gasteiger partial charge in [0.1, 0.15) is 5.56 Å². The lowest BCUT2D eigenvalue weighted by Gasteiger charge is -2.37. The molecule has 1 unspecified atom stereocenters. The fourth-order valence-electron chi connectivity index (χ4n) is 5.83. The standard InChI is InChI=1S/C29H30ClF6N5O2.ClH/c30-20-5-8-23(19-3-6-21(7-4-19)39-14-12-38(13-15-39)11-9-28(31,32)33)25(16-20)40-10-1-2-22(18-40)41-26(29(34,35)36)24(17-37-41)27(42)43;/h3-8,16-17,22H,1-2,9-15,18H2,(H,42,43);1H. The van der Waals surface area contributed by atoms with Gasteiger partial charge >= 0.3 is 18.3 Å². The van der Waals surface area contributed by atoms with Crippen molar-refractivity contribution >= 4 is 41.4 Å². The average molecular weight is 666 g/mol. The van der Waals surface area contributed by atoms with Crippen molar-refractivity contribution in [1.82, 2.24) is 14.7 Å². The number of aromatic carboxylic acids is 1. The quantitative estimate of drug-likeness (QED) is 0.268. The third-order valence-corrected chi connectivity index (χ3v) is 8.20. The van der Waals surface area contributed by atoms with Gasteiger partial charge in [-0.25, -0.2) is 4.79 Å². The van der Waals surface area contributed by atoms with Gasteiger partial charge in [0, 0.05) is 67.8 Å². The third kappa shape index (κ3) is 7.73. The molecule has 240 valence electrons. The Labute approximate surface area is 261 Å². The van der Waals surface area contributed by atoms with Crippen molar-refractivity contribution in [3.63, 3.8) is 0 Å². The highest BCUT2D eigenvalue weighted by Crippen LogP contribution is 2.39. The Morgan fingerprint density at radius 3 is 2.25 bits per heavy atom. The molecule has 5 rings (SSSR count). The van der Waals surface area contributed by atoms with Gasteiger partial charge in [-0.15, -0.1) is 12.4 Å². The molecule has 1 atom stereocenters. The summed E-state index contributed by atoms with van der Waals surface area (Å²) in [6.07, 6.45) is -8.17. The normalized spacial score (nSPS) is 18.3. The van der Waals surface area contributed by atoms with Crippen LogP contribution in [0.1, 0.15) is 41.4 Å². The summed E-state index contributed by atoms with van der Waals surface area (Å²) in [6.45, 7) is 3.02. The molecule has 0 bridgehead atoms. The van der Waals surface area contributed by atoms with E-state index in [-0.39, 0.29) is 25.5 Å². The molecule has 2 aliphatic rings. The number of hydrogen-bond acceptors (Lipinski definition) is 5. The summed E-state index contributed by atoms with van der Waals surface area (Å²) in [5.74, 6) is -1.69. The Morgan fingerprint density at radius 2 is 1.64 bits per heavy atom. The van der Waals surface area contributed by atoms with Crippen molar-refractivity contribution in [3.05, 3.63) is 64.9 Å². The Bertz CT molecular complexity index is 1440. The van der Waals surface area contributed by atoms with E-state index < -0.39 is 42.0 Å². The largest absolute Gasteiger partial charge is 0.478 e. The lowest BCUT2D eigenvalue weighted by molar-refractivity contribution is -0.145. The van der Waals surface area contributed by atoms with Crippen LogP contribution in [0.3, 0.4) is 0 Å². The van der Waals surface area contributed by atoms with Gasteiger partial charge in [-0.3, -0.25) is 9.58 Å². The second-order valence-electron chi connectivity index (χ2n) is 10.8. The van der Waals surface area contributed by atoms with Gasteiger partial charge in [-0.05, 0) is 42.7 Å². The van der Waals surface area contributed by atoms with Crippen LogP contribution in [0.15, 0.2) is 48.7 Å². The molecule has 0 radical (unpaired) electrons. The maximum absolute atomic E-state index is 13.9. The first-order valence-corrected chi connectivity index (χ1v) is 14.2. The molecule has 2 fully saturated rings. The summed E-state index contributed by atoms with van der Waals surface area (Å²) >= 11 is 6.35. The summed E-state index contributed by atoms with van der Waals surface area (Å²) in [5.41, 5.74) is 1.23. The number of carboxylic acids is 1. The highest BCUT2D eigenvalue weighted by Gasteiger charge is 2.42. The molecule has 3 heterocycles. The van der Waals surface area contributed by atoms with E-state index >= 15 is 0 Å². The SMILES string of the molecule is Cl.O=C(O)c1cnn(C2CCCN(c3cc(Cl)ccc3-c3ccc(N4CCN(CCC(F)(F)F)CC4)cc3)C2)c1C(F)(F)F. The van der Waals surface area contributed by atoms with Gasteiger partial charge in [0.2, 0.25) is 0 Å². The Morgan fingerprint density at radius 1 is 0.955 bits per heavy atom. The molecule has 0 spiro atoms. The minimum Gasteiger partial charge on any atom is -0.478 e. The van der Waals surface area contributed by atoms with Gasteiger partial charge in [-0.1, -0.05) is 29.8 Å². The van der Waals surface area contributed by atoms with Crippen LogP contribution in [0.5, 0.6) is 0 Å². The number of hydrogen-bond donors (Lipinski definition) is 1. The fourth-order valence-corrected chi connectivity index (χ4v) is 5.99. The highest BCUT2D eigenvalue weighted by molar-refractivity contribution is 6.31. The molecule has 1 N–H and O–H groups in total. The molecule has 1 aromatic heterocycles. The molecule has 0 amide bonds. The van der Waals surface area contributed by atoms with Crippen molar-refractivity contribution in [1.29, 1.82) is 0 Å². The van der Waals surface area contributed by atoms with Crippen LogP contribution >= 0.6 is 24.0 Å². The predicted octanol–water partition coefficient (Wildman–Crippen LogP) is 7.26. The Balaban J connectivity index is 0.00000442. The molecular weight excluding hydrogens is 635 g/mol. The summed E-state index contributed by atoms with van der Waals surface area (Å²) in [4.78, 5) is 17.4. The zero-order chi connectivity index (χ0) is 30.9. The molecule has 2 aromatic carbocycles. The number of carbonyl (C=O) groups is 1. The van der Waals surface area contributed by atoms with Crippen LogP contribution in [0.4, 0.5) is 37.7 Å². The fraction of sp³-hybridized carbons (Fsp3) is 0.448. The predicted molar refractivity (Wildman–Crippen MR) is 158 cm³/mol. The number of benzene rings is 2. The van der Waals surface area contributed by atoms with Crippen molar-refractivity contribution in [2.45, 2.75) is 37.7 Å². The second-order valence-corrected chi connectivity index (χ2v) is 11.2. The van der Waals surface area contributed by atoms with Crippen molar-refractivity contribution in [2.24, 2.45) is 0 Å². The number of alkyl halides is 6. The molecular formula is C29H31Cl2F6N5O2. The number of aromatic nitrogens is 2.